The van der Waals surface area contributed by atoms with Gasteiger partial charge in [0.25, 0.3) is 0 Å². The van der Waals surface area contributed by atoms with Gasteiger partial charge in [-0.1, -0.05) is 18.2 Å². The Balaban J connectivity index is 1.57. The van der Waals surface area contributed by atoms with Crippen molar-refractivity contribution >= 4 is 21.6 Å². The molecule has 1 N–H and O–H groups in total. The Morgan fingerprint density at radius 1 is 0.967 bits per heavy atom. The molecule has 0 saturated carbocycles. The van der Waals surface area contributed by atoms with E-state index >= 15 is 0 Å². The van der Waals surface area contributed by atoms with E-state index in [1.165, 1.54) is 30.7 Å². The van der Waals surface area contributed by atoms with Crippen molar-refractivity contribution in [1.29, 1.82) is 0 Å². The molecule has 2 aliphatic heterocycles. The first-order chi connectivity index (χ1) is 14.4. The highest BCUT2D eigenvalue weighted by molar-refractivity contribution is 7.89. The zero-order chi connectivity index (χ0) is 21.4. The molecule has 0 aromatic heterocycles. The maximum atomic E-state index is 13.2. The van der Waals surface area contributed by atoms with Crippen LogP contribution in [0, 0.1) is 0 Å². The van der Waals surface area contributed by atoms with E-state index in [1.807, 2.05) is 30.3 Å². The third-order valence-electron chi connectivity index (χ3n) is 5.95. The van der Waals surface area contributed by atoms with E-state index in [2.05, 4.69) is 10.2 Å². The minimum absolute atomic E-state index is 0.0467. The van der Waals surface area contributed by atoms with Gasteiger partial charge in [-0.2, -0.15) is 4.31 Å². The number of sulfonamides is 1. The molecule has 2 saturated heterocycles. The van der Waals surface area contributed by atoms with E-state index in [0.717, 1.165) is 5.69 Å². The molecule has 9 heteroatoms. The van der Waals surface area contributed by atoms with Gasteiger partial charge in [0, 0.05) is 24.8 Å². The number of carbonyl (C=O) groups is 1. The molecule has 0 radical (unpaired) electrons. The molecule has 2 aliphatic rings. The third kappa shape index (κ3) is 3.27. The first-order valence-corrected chi connectivity index (χ1v) is 11.2. The average Bonchev–Trinajstić information content (AvgIpc) is 3.09. The van der Waals surface area contributed by atoms with Crippen molar-refractivity contribution in [2.45, 2.75) is 23.3 Å². The Morgan fingerprint density at radius 3 is 2.27 bits per heavy atom. The maximum Gasteiger partial charge on any atom is 0.247 e. The number of methoxy groups -OCH3 is 2. The zero-order valence-corrected chi connectivity index (χ0v) is 17.8. The van der Waals surface area contributed by atoms with Crippen molar-refractivity contribution in [3.05, 3.63) is 48.5 Å². The number of nitrogens with one attached hydrogen (secondary N) is 1. The molecule has 0 aliphatic carbocycles. The standard InChI is InChI=1S/C21H25N3O5S/c1-28-18-9-8-17(14-19(18)29-2)30(26,27)23-12-10-21(11-13-23)20(25)22-15-24(21)16-6-4-3-5-7-16/h3-9,14H,10-13,15H2,1-2H3,(H,22,25). The lowest BCUT2D eigenvalue weighted by atomic mass is 9.86. The van der Waals surface area contributed by atoms with Crippen molar-refractivity contribution in [2.24, 2.45) is 0 Å². The molecule has 2 aromatic carbocycles. The molecular formula is C21H25N3O5S. The van der Waals surface area contributed by atoms with Gasteiger partial charge in [-0.15, -0.1) is 0 Å². The number of ether oxygens (including phenoxy) is 2. The predicted octanol–water partition coefficient (Wildman–Crippen LogP) is 1.82. The summed E-state index contributed by atoms with van der Waals surface area (Å²) in [6.45, 7) is 0.937. The van der Waals surface area contributed by atoms with Gasteiger partial charge >= 0.3 is 0 Å². The summed E-state index contributed by atoms with van der Waals surface area (Å²) in [7, 11) is -0.749. The van der Waals surface area contributed by atoms with Crippen molar-refractivity contribution in [2.75, 3.05) is 38.9 Å². The van der Waals surface area contributed by atoms with Gasteiger partial charge < -0.3 is 19.7 Å². The number of rotatable bonds is 5. The average molecular weight is 432 g/mol. The number of hydrogen-bond donors (Lipinski definition) is 1. The number of nitrogens with zero attached hydrogens (tertiary/aromatic N) is 2. The minimum atomic E-state index is -3.72. The highest BCUT2D eigenvalue weighted by Crippen LogP contribution is 2.38. The quantitative estimate of drug-likeness (QED) is 0.777. The van der Waals surface area contributed by atoms with Gasteiger partial charge in [0.2, 0.25) is 15.9 Å². The van der Waals surface area contributed by atoms with Crippen molar-refractivity contribution in [1.82, 2.24) is 9.62 Å². The normalized spacial score (nSPS) is 19.0. The second-order valence-corrected chi connectivity index (χ2v) is 9.32. The summed E-state index contributed by atoms with van der Waals surface area (Å²) in [6, 6.07) is 14.3. The smallest absolute Gasteiger partial charge is 0.247 e. The monoisotopic (exact) mass is 431 g/mol. The molecule has 1 amide bonds. The highest BCUT2D eigenvalue weighted by Gasteiger charge is 2.51. The largest absolute Gasteiger partial charge is 0.493 e. The number of piperidine rings is 1. The van der Waals surface area contributed by atoms with Crippen LogP contribution in [-0.4, -0.2) is 58.1 Å². The summed E-state index contributed by atoms with van der Waals surface area (Å²) in [4.78, 5) is 15.0. The third-order valence-corrected chi connectivity index (χ3v) is 7.84. The van der Waals surface area contributed by atoms with E-state index in [0.29, 0.717) is 31.0 Å². The van der Waals surface area contributed by atoms with E-state index in [4.69, 9.17) is 9.47 Å². The lowest BCUT2D eigenvalue weighted by Crippen LogP contribution is -2.57. The second kappa shape index (κ2) is 7.81. The van der Waals surface area contributed by atoms with Crippen LogP contribution in [0.25, 0.3) is 0 Å². The van der Waals surface area contributed by atoms with Gasteiger partial charge in [0.1, 0.15) is 5.54 Å². The molecule has 30 heavy (non-hydrogen) atoms. The van der Waals surface area contributed by atoms with Crippen molar-refractivity contribution in [3.63, 3.8) is 0 Å². The summed E-state index contributed by atoms with van der Waals surface area (Å²) >= 11 is 0. The summed E-state index contributed by atoms with van der Waals surface area (Å²) in [5.74, 6) is 0.780. The minimum Gasteiger partial charge on any atom is -0.493 e. The Hall–Kier alpha value is -2.78. The molecule has 2 fully saturated rings. The molecule has 160 valence electrons. The topological polar surface area (TPSA) is 88.2 Å². The molecule has 0 unspecified atom stereocenters. The van der Waals surface area contributed by atoms with Crippen LogP contribution in [-0.2, 0) is 14.8 Å². The van der Waals surface area contributed by atoms with Crippen molar-refractivity contribution < 1.29 is 22.7 Å². The first kappa shape index (κ1) is 20.5. The Morgan fingerprint density at radius 2 is 1.63 bits per heavy atom. The molecule has 0 atom stereocenters. The summed E-state index contributed by atoms with van der Waals surface area (Å²) in [6.07, 6.45) is 0.834. The Bertz CT molecular complexity index is 1030. The fourth-order valence-corrected chi connectivity index (χ4v) is 5.71. The lowest BCUT2D eigenvalue weighted by molar-refractivity contribution is -0.124. The van der Waals surface area contributed by atoms with E-state index < -0.39 is 15.6 Å². The highest BCUT2D eigenvalue weighted by atomic mass is 32.2. The number of hydrogen-bond acceptors (Lipinski definition) is 6. The summed E-state index contributed by atoms with van der Waals surface area (Å²) in [5, 5.41) is 2.93. The van der Waals surface area contributed by atoms with Crippen LogP contribution in [0.2, 0.25) is 0 Å². The van der Waals surface area contributed by atoms with Gasteiger partial charge in [-0.25, -0.2) is 8.42 Å². The van der Waals surface area contributed by atoms with Crippen LogP contribution in [0.1, 0.15) is 12.8 Å². The Kier molecular flexibility index (Phi) is 5.33. The first-order valence-electron chi connectivity index (χ1n) is 9.75. The molecule has 2 aromatic rings. The van der Waals surface area contributed by atoms with E-state index in [9.17, 15) is 13.2 Å². The van der Waals surface area contributed by atoms with E-state index in [-0.39, 0.29) is 23.9 Å². The lowest BCUT2D eigenvalue weighted by Gasteiger charge is -2.42. The molecular weight excluding hydrogens is 406 g/mol. The van der Waals surface area contributed by atoms with Crippen LogP contribution in [0.3, 0.4) is 0 Å². The molecule has 4 rings (SSSR count). The number of carbonyl (C=O) groups excluding carboxylic acids is 1. The summed E-state index contributed by atoms with van der Waals surface area (Å²) < 4.78 is 38.3. The van der Waals surface area contributed by atoms with Crippen LogP contribution in [0.15, 0.2) is 53.4 Å². The van der Waals surface area contributed by atoms with Gasteiger partial charge in [0.15, 0.2) is 11.5 Å². The second-order valence-electron chi connectivity index (χ2n) is 7.38. The van der Waals surface area contributed by atoms with Gasteiger partial charge in [-0.3, -0.25) is 4.79 Å². The van der Waals surface area contributed by atoms with Gasteiger partial charge in [-0.05, 0) is 37.1 Å². The van der Waals surface area contributed by atoms with E-state index in [1.54, 1.807) is 6.07 Å². The van der Waals surface area contributed by atoms with Crippen molar-refractivity contribution in [3.8, 4) is 11.5 Å². The summed E-state index contributed by atoms with van der Waals surface area (Å²) in [5.41, 5.74) is 0.220. The fraction of sp³-hybridized carbons (Fsp3) is 0.381. The number of benzene rings is 2. The molecule has 0 bridgehead atoms. The van der Waals surface area contributed by atoms with Crippen LogP contribution >= 0.6 is 0 Å². The zero-order valence-electron chi connectivity index (χ0n) is 17.0. The Labute approximate surface area is 176 Å². The van der Waals surface area contributed by atoms with Crippen LogP contribution in [0.5, 0.6) is 11.5 Å². The predicted molar refractivity (Wildman–Crippen MR) is 112 cm³/mol. The van der Waals surface area contributed by atoms with Crippen LogP contribution < -0.4 is 19.7 Å². The number of amides is 1. The SMILES string of the molecule is COc1ccc(S(=O)(=O)N2CCC3(CC2)C(=O)NCN3c2ccccc2)cc1OC. The van der Waals surface area contributed by atoms with Crippen LogP contribution in [0.4, 0.5) is 5.69 Å². The maximum absolute atomic E-state index is 13.2. The molecule has 8 nitrogen and oxygen atoms in total. The number of para-hydroxylation sites is 1. The molecule has 2 heterocycles. The van der Waals surface area contributed by atoms with Gasteiger partial charge in [0.05, 0.1) is 25.8 Å². The number of anilines is 1. The fourth-order valence-electron chi connectivity index (χ4n) is 4.26. The molecule has 1 spiro atoms.